The van der Waals surface area contributed by atoms with Crippen molar-refractivity contribution >= 4 is 11.8 Å². The maximum absolute atomic E-state index is 12.5. The Morgan fingerprint density at radius 2 is 1.67 bits per heavy atom. The lowest BCUT2D eigenvalue weighted by Gasteiger charge is -2.32. The van der Waals surface area contributed by atoms with Crippen LogP contribution in [0.15, 0.2) is 42.6 Å². The summed E-state index contributed by atoms with van der Waals surface area (Å²) in [5, 5.41) is 0. The summed E-state index contributed by atoms with van der Waals surface area (Å²) in [6, 6.07) is 10.5. The van der Waals surface area contributed by atoms with Crippen molar-refractivity contribution in [1.82, 2.24) is 14.8 Å². The molecule has 6 heteroatoms. The van der Waals surface area contributed by atoms with Gasteiger partial charge >= 0.3 is 0 Å². The lowest BCUT2D eigenvalue weighted by molar-refractivity contribution is 0.0664. The zero-order valence-corrected chi connectivity index (χ0v) is 13.6. The topological polar surface area (TPSA) is 79.5 Å². The van der Waals surface area contributed by atoms with E-state index in [9.17, 15) is 9.59 Å². The molecule has 3 rings (SSSR count). The number of piperazine rings is 1. The highest BCUT2D eigenvalue weighted by atomic mass is 16.2. The van der Waals surface area contributed by atoms with Gasteiger partial charge in [0.25, 0.3) is 5.91 Å². The summed E-state index contributed by atoms with van der Waals surface area (Å²) in [7, 11) is 2.06. The largest absolute Gasteiger partial charge is 0.366 e. The first-order valence-corrected chi connectivity index (χ1v) is 7.89. The Hall–Kier alpha value is -2.73. The average molecular weight is 324 g/mol. The van der Waals surface area contributed by atoms with E-state index in [0.29, 0.717) is 16.8 Å². The summed E-state index contributed by atoms with van der Waals surface area (Å²) in [4.78, 5) is 32.1. The van der Waals surface area contributed by atoms with Gasteiger partial charge in [0, 0.05) is 49.1 Å². The van der Waals surface area contributed by atoms with Crippen LogP contribution in [0.25, 0.3) is 11.3 Å². The van der Waals surface area contributed by atoms with Crippen LogP contribution in [0, 0.1) is 0 Å². The van der Waals surface area contributed by atoms with Crippen LogP contribution in [0.2, 0.25) is 0 Å². The maximum atomic E-state index is 12.5. The number of hydrogen-bond acceptors (Lipinski definition) is 4. The number of pyridine rings is 1. The van der Waals surface area contributed by atoms with Gasteiger partial charge in [-0.05, 0) is 31.3 Å². The minimum atomic E-state index is -0.486. The number of carbonyl (C=O) groups excluding carboxylic acids is 2. The van der Waals surface area contributed by atoms with Crippen LogP contribution in [0.4, 0.5) is 0 Å². The predicted molar refractivity (Wildman–Crippen MR) is 91.6 cm³/mol. The molecule has 0 saturated carbocycles. The van der Waals surface area contributed by atoms with Crippen molar-refractivity contribution in [2.75, 3.05) is 33.2 Å². The molecule has 1 aliphatic rings. The standard InChI is InChI=1S/C18H20N4O2/c1-21-8-10-22(11-9-21)18(24)14-4-2-13(3-5-14)16-12-15(17(19)23)6-7-20-16/h2-7,12H,8-11H2,1H3,(H2,19,23). The number of carbonyl (C=O) groups is 2. The maximum Gasteiger partial charge on any atom is 0.253 e. The second-order valence-corrected chi connectivity index (χ2v) is 5.97. The second kappa shape index (κ2) is 6.80. The first-order valence-electron chi connectivity index (χ1n) is 7.89. The summed E-state index contributed by atoms with van der Waals surface area (Å²) in [5.74, 6) is -0.436. The number of amides is 2. The van der Waals surface area contributed by atoms with Crippen LogP contribution in [-0.2, 0) is 0 Å². The van der Waals surface area contributed by atoms with E-state index in [1.165, 1.54) is 0 Å². The van der Waals surface area contributed by atoms with Crippen LogP contribution in [0.5, 0.6) is 0 Å². The third kappa shape index (κ3) is 3.44. The summed E-state index contributed by atoms with van der Waals surface area (Å²) in [5.41, 5.74) is 7.87. The minimum Gasteiger partial charge on any atom is -0.366 e. The molecule has 0 radical (unpaired) electrons. The van der Waals surface area contributed by atoms with Gasteiger partial charge in [0.1, 0.15) is 0 Å². The molecule has 2 amide bonds. The van der Waals surface area contributed by atoms with Gasteiger partial charge in [-0.3, -0.25) is 14.6 Å². The first-order chi connectivity index (χ1) is 11.5. The summed E-state index contributed by atoms with van der Waals surface area (Å²) in [6.07, 6.45) is 1.55. The van der Waals surface area contributed by atoms with Crippen LogP contribution < -0.4 is 5.73 Å². The lowest BCUT2D eigenvalue weighted by atomic mass is 10.1. The summed E-state index contributed by atoms with van der Waals surface area (Å²) in [6.45, 7) is 3.29. The van der Waals surface area contributed by atoms with E-state index in [0.717, 1.165) is 31.7 Å². The van der Waals surface area contributed by atoms with Gasteiger partial charge in [0.05, 0.1) is 5.69 Å². The van der Waals surface area contributed by atoms with Crippen molar-refractivity contribution in [2.24, 2.45) is 5.73 Å². The van der Waals surface area contributed by atoms with Crippen molar-refractivity contribution in [3.05, 3.63) is 53.7 Å². The van der Waals surface area contributed by atoms with Gasteiger partial charge in [-0.1, -0.05) is 12.1 Å². The number of nitrogens with zero attached hydrogens (tertiary/aromatic N) is 3. The van der Waals surface area contributed by atoms with Gasteiger partial charge in [-0.15, -0.1) is 0 Å². The molecule has 1 aromatic heterocycles. The molecule has 2 heterocycles. The number of primary amides is 1. The SMILES string of the molecule is CN1CCN(C(=O)c2ccc(-c3cc(C(N)=O)ccn3)cc2)CC1. The van der Waals surface area contributed by atoms with Crippen molar-refractivity contribution < 1.29 is 9.59 Å². The smallest absolute Gasteiger partial charge is 0.253 e. The van der Waals surface area contributed by atoms with E-state index in [1.54, 1.807) is 30.5 Å². The number of aromatic nitrogens is 1. The molecule has 1 fully saturated rings. The molecule has 2 aromatic rings. The van der Waals surface area contributed by atoms with Crippen molar-refractivity contribution in [3.63, 3.8) is 0 Å². The van der Waals surface area contributed by atoms with E-state index in [1.807, 2.05) is 17.0 Å². The third-order valence-electron chi connectivity index (χ3n) is 4.26. The quantitative estimate of drug-likeness (QED) is 0.921. The predicted octanol–water partition coefficient (Wildman–Crippen LogP) is 1.24. The van der Waals surface area contributed by atoms with Gasteiger partial charge in [0.15, 0.2) is 0 Å². The highest BCUT2D eigenvalue weighted by molar-refractivity contribution is 5.95. The van der Waals surface area contributed by atoms with Gasteiger partial charge in [-0.2, -0.15) is 0 Å². The molecule has 1 saturated heterocycles. The van der Waals surface area contributed by atoms with Crippen molar-refractivity contribution in [3.8, 4) is 11.3 Å². The van der Waals surface area contributed by atoms with E-state index < -0.39 is 5.91 Å². The molecule has 1 aromatic carbocycles. The highest BCUT2D eigenvalue weighted by Gasteiger charge is 2.20. The Kier molecular flexibility index (Phi) is 4.57. The Balaban J connectivity index is 1.77. The van der Waals surface area contributed by atoms with E-state index in [2.05, 4.69) is 16.9 Å². The molecule has 0 atom stereocenters. The lowest BCUT2D eigenvalue weighted by Crippen LogP contribution is -2.47. The van der Waals surface area contributed by atoms with Crippen molar-refractivity contribution in [2.45, 2.75) is 0 Å². The van der Waals surface area contributed by atoms with Crippen LogP contribution >= 0.6 is 0 Å². The molecule has 2 N–H and O–H groups in total. The minimum absolute atomic E-state index is 0.0495. The molecule has 0 bridgehead atoms. The fraction of sp³-hybridized carbons (Fsp3) is 0.278. The van der Waals surface area contributed by atoms with E-state index >= 15 is 0 Å². The summed E-state index contributed by atoms with van der Waals surface area (Å²) >= 11 is 0. The van der Waals surface area contributed by atoms with Crippen LogP contribution in [-0.4, -0.2) is 59.8 Å². The monoisotopic (exact) mass is 324 g/mol. The Morgan fingerprint density at radius 3 is 2.29 bits per heavy atom. The number of nitrogens with two attached hydrogens (primary N) is 1. The molecular formula is C18H20N4O2. The molecule has 0 unspecified atom stereocenters. The average Bonchev–Trinajstić information content (AvgIpc) is 2.62. The second-order valence-electron chi connectivity index (χ2n) is 5.97. The molecular weight excluding hydrogens is 304 g/mol. The van der Waals surface area contributed by atoms with Crippen LogP contribution in [0.3, 0.4) is 0 Å². The number of benzene rings is 1. The summed E-state index contributed by atoms with van der Waals surface area (Å²) < 4.78 is 0. The number of rotatable bonds is 3. The fourth-order valence-corrected chi connectivity index (χ4v) is 2.72. The van der Waals surface area contributed by atoms with E-state index in [-0.39, 0.29) is 5.91 Å². The fourth-order valence-electron chi connectivity index (χ4n) is 2.72. The normalized spacial score (nSPS) is 15.3. The Labute approximate surface area is 140 Å². The zero-order chi connectivity index (χ0) is 17.1. The molecule has 1 aliphatic heterocycles. The first kappa shape index (κ1) is 16.1. The molecule has 6 nitrogen and oxygen atoms in total. The highest BCUT2D eigenvalue weighted by Crippen LogP contribution is 2.19. The number of hydrogen-bond donors (Lipinski definition) is 1. The van der Waals surface area contributed by atoms with Crippen LogP contribution in [0.1, 0.15) is 20.7 Å². The molecule has 0 aliphatic carbocycles. The number of likely N-dealkylation sites (N-methyl/N-ethyl adjacent to an activating group) is 1. The zero-order valence-electron chi connectivity index (χ0n) is 13.6. The van der Waals surface area contributed by atoms with E-state index in [4.69, 9.17) is 5.73 Å². The van der Waals surface area contributed by atoms with Gasteiger partial charge in [-0.25, -0.2) is 0 Å². The molecule has 0 spiro atoms. The third-order valence-corrected chi connectivity index (χ3v) is 4.26. The Morgan fingerprint density at radius 1 is 1.00 bits per heavy atom. The van der Waals surface area contributed by atoms with Crippen molar-refractivity contribution in [1.29, 1.82) is 0 Å². The van der Waals surface area contributed by atoms with Gasteiger partial charge < -0.3 is 15.5 Å². The molecule has 124 valence electrons. The molecule has 24 heavy (non-hydrogen) atoms. The Bertz CT molecular complexity index is 750. The van der Waals surface area contributed by atoms with Gasteiger partial charge in [0.2, 0.25) is 5.91 Å².